The van der Waals surface area contributed by atoms with Crippen molar-refractivity contribution in [3.8, 4) is 11.4 Å². The molecule has 0 spiro atoms. The third-order valence-electron chi connectivity index (χ3n) is 13.4. The number of hydrogen-bond acceptors (Lipinski definition) is 10. The topological polar surface area (TPSA) is 196 Å². The molecule has 0 bridgehead atoms. The van der Waals surface area contributed by atoms with Crippen LogP contribution in [-0.4, -0.2) is 81.4 Å². The molecule has 2 aliphatic rings. The van der Waals surface area contributed by atoms with Gasteiger partial charge in [0.2, 0.25) is 17.4 Å². The van der Waals surface area contributed by atoms with Gasteiger partial charge >= 0.3 is 0 Å². The average Bonchev–Trinajstić information content (AvgIpc) is 3.69. The number of anilines is 1. The molecule has 16 heteroatoms. The summed E-state index contributed by atoms with van der Waals surface area (Å²) in [5.74, 6) is 0.651. The molecule has 3 N–H and O–H groups in total. The Morgan fingerprint density at radius 1 is 0.718 bits per heavy atom. The minimum absolute atomic E-state index is 0.0169. The largest absolute Gasteiger partial charge is 0.352 e. The molecule has 6 aromatic rings. The molecule has 14 nitrogen and oxygen atoms in total. The standard InChI is InChI=1S/C55H59N7O7S2/c1-38-57-59-53(60-58-38)41-25-23-39(24-26-41)37-56-50(63)22-12-9-15-33-61-47-32-28-42-36-43(71(67,68)69)29-30-45(42)52(47)55(4,5)49(61)21-11-8-6-7-10-20-48-54(2,3)51-44-19-14-13-18-40(44)27-31-46(51)62(48)34-16-17-35-70(64,65)66/h6-8,10-11,13-14,18-21,23-32,36H,9,12,15-17,22,33-35,37H2,1-5H3,(H2-,56,63,64,65,66,67,68,69)/p+1. The first-order valence-corrected chi connectivity index (χ1v) is 26.9. The van der Waals surface area contributed by atoms with Gasteiger partial charge < -0.3 is 10.2 Å². The number of nitrogens with one attached hydrogen (secondary N) is 1. The van der Waals surface area contributed by atoms with Crippen molar-refractivity contribution in [2.24, 2.45) is 0 Å². The zero-order valence-electron chi connectivity index (χ0n) is 40.7. The highest BCUT2D eigenvalue weighted by Crippen LogP contribution is 2.51. The molecule has 0 saturated heterocycles. The summed E-state index contributed by atoms with van der Waals surface area (Å²) in [6.45, 7) is 12.2. The Hall–Kier alpha value is -6.72. The van der Waals surface area contributed by atoms with Gasteiger partial charge in [0.15, 0.2) is 11.5 Å². The Labute approximate surface area is 416 Å². The van der Waals surface area contributed by atoms with Crippen molar-refractivity contribution in [3.05, 3.63) is 162 Å². The SMILES string of the molecule is Cc1nnc(-c2ccc(CNC(=O)CCCCCN3C(=CC=CC=CC=CC4=[N+](CCCCS(=O)(=O)O)c5ccc6ccccc6c5C4(C)C)C(C)(C)c4c3ccc3cc(S(=O)(=O)O)ccc43)cc2)nn1. The third-order valence-corrected chi connectivity index (χ3v) is 15.1. The first-order chi connectivity index (χ1) is 33.8. The summed E-state index contributed by atoms with van der Waals surface area (Å²) in [5.41, 5.74) is 7.51. The highest BCUT2D eigenvalue weighted by atomic mass is 32.2. The summed E-state index contributed by atoms with van der Waals surface area (Å²) in [5, 5.41) is 23.1. The Morgan fingerprint density at radius 3 is 2.17 bits per heavy atom. The van der Waals surface area contributed by atoms with Gasteiger partial charge in [-0.15, -0.1) is 20.4 Å². The summed E-state index contributed by atoms with van der Waals surface area (Å²) in [6, 6.07) is 28.9. The van der Waals surface area contributed by atoms with Crippen molar-refractivity contribution < 1.29 is 35.3 Å². The van der Waals surface area contributed by atoms with Crippen molar-refractivity contribution in [1.29, 1.82) is 0 Å². The number of amides is 1. The van der Waals surface area contributed by atoms with Crippen LogP contribution in [0.1, 0.15) is 88.7 Å². The maximum atomic E-state index is 12.9. The zero-order valence-corrected chi connectivity index (χ0v) is 42.3. The summed E-state index contributed by atoms with van der Waals surface area (Å²) in [7, 11) is -8.43. The number of allylic oxidation sites excluding steroid dienone is 8. The van der Waals surface area contributed by atoms with E-state index in [9.17, 15) is 30.7 Å². The summed E-state index contributed by atoms with van der Waals surface area (Å²) >= 11 is 0. The van der Waals surface area contributed by atoms with Crippen LogP contribution >= 0.6 is 0 Å². The van der Waals surface area contributed by atoms with Crippen LogP contribution in [0.3, 0.4) is 0 Å². The van der Waals surface area contributed by atoms with Gasteiger partial charge in [0, 0.05) is 66.0 Å². The third kappa shape index (κ3) is 11.4. The van der Waals surface area contributed by atoms with E-state index < -0.39 is 25.7 Å². The lowest BCUT2D eigenvalue weighted by Crippen LogP contribution is -2.28. The normalized spacial score (nSPS) is 16.1. The lowest BCUT2D eigenvalue weighted by atomic mass is 9.79. The fourth-order valence-corrected chi connectivity index (χ4v) is 11.1. The van der Waals surface area contributed by atoms with Gasteiger partial charge in [-0.1, -0.05) is 111 Å². The van der Waals surface area contributed by atoms with Gasteiger partial charge in [-0.2, -0.15) is 21.4 Å². The molecule has 0 atom stereocenters. The fraction of sp³-hybridized carbons (Fsp3) is 0.309. The Balaban J connectivity index is 0.960. The second-order valence-electron chi connectivity index (χ2n) is 19.2. The molecule has 5 aromatic carbocycles. The number of benzene rings is 5. The molecule has 1 amide bonds. The fourth-order valence-electron chi connectivity index (χ4n) is 9.98. The van der Waals surface area contributed by atoms with Crippen molar-refractivity contribution >= 4 is 64.8 Å². The molecule has 1 aromatic heterocycles. The van der Waals surface area contributed by atoms with Gasteiger partial charge in [0.05, 0.1) is 16.1 Å². The maximum Gasteiger partial charge on any atom is 0.294 e. The van der Waals surface area contributed by atoms with Crippen LogP contribution in [-0.2, 0) is 42.4 Å². The summed E-state index contributed by atoms with van der Waals surface area (Å²) < 4.78 is 68.6. The molecule has 0 radical (unpaired) electrons. The number of rotatable bonds is 19. The van der Waals surface area contributed by atoms with Crippen molar-refractivity contribution in [2.45, 2.75) is 95.4 Å². The van der Waals surface area contributed by atoms with Crippen LogP contribution in [0.5, 0.6) is 0 Å². The predicted octanol–water partition coefficient (Wildman–Crippen LogP) is 10.1. The molecule has 0 fully saturated rings. The smallest absolute Gasteiger partial charge is 0.294 e. The molecule has 0 aliphatic carbocycles. The highest BCUT2D eigenvalue weighted by Gasteiger charge is 2.45. The van der Waals surface area contributed by atoms with Crippen molar-refractivity contribution in [3.63, 3.8) is 0 Å². The number of fused-ring (bicyclic) bond motifs is 6. The molecule has 8 rings (SSSR count). The van der Waals surface area contributed by atoms with E-state index in [1.54, 1.807) is 13.0 Å². The van der Waals surface area contributed by atoms with E-state index in [1.807, 2.05) is 72.8 Å². The first-order valence-electron chi connectivity index (χ1n) is 23.9. The number of nitrogens with zero attached hydrogens (tertiary/aromatic N) is 6. The number of hydrogen-bond donors (Lipinski definition) is 3. The van der Waals surface area contributed by atoms with E-state index in [2.05, 4.69) is 105 Å². The number of aromatic nitrogens is 4. The lowest BCUT2D eigenvalue weighted by Gasteiger charge is -2.27. The van der Waals surface area contributed by atoms with E-state index in [0.717, 1.165) is 69.5 Å². The predicted molar refractivity (Wildman–Crippen MR) is 280 cm³/mol. The van der Waals surface area contributed by atoms with Crippen molar-refractivity contribution in [1.82, 2.24) is 25.7 Å². The average molecular weight is 995 g/mol. The van der Waals surface area contributed by atoms with Gasteiger partial charge in [0.1, 0.15) is 6.54 Å². The first kappa shape index (κ1) is 50.7. The number of carbonyl (C=O) groups excluding carboxylic acids is 1. The molecule has 3 heterocycles. The van der Waals surface area contributed by atoms with Gasteiger partial charge in [-0.3, -0.25) is 13.9 Å². The summed E-state index contributed by atoms with van der Waals surface area (Å²) in [4.78, 5) is 15.1. The van der Waals surface area contributed by atoms with Crippen molar-refractivity contribution in [2.75, 3.05) is 23.7 Å². The van der Waals surface area contributed by atoms with E-state index >= 15 is 0 Å². The molecule has 2 aliphatic heterocycles. The van der Waals surface area contributed by atoms with Crippen LogP contribution in [0.15, 0.2) is 144 Å². The van der Waals surface area contributed by atoms with E-state index in [-0.39, 0.29) is 22.0 Å². The van der Waals surface area contributed by atoms with Crippen LogP contribution in [0.2, 0.25) is 0 Å². The lowest BCUT2D eigenvalue weighted by molar-refractivity contribution is -0.438. The van der Waals surface area contributed by atoms with Gasteiger partial charge in [-0.25, -0.2) is 0 Å². The van der Waals surface area contributed by atoms with E-state index in [4.69, 9.17) is 0 Å². The number of aryl methyl sites for hydroxylation is 1. The minimum Gasteiger partial charge on any atom is -0.352 e. The quantitative estimate of drug-likeness (QED) is 0.0301. The Morgan fingerprint density at radius 2 is 1.42 bits per heavy atom. The molecule has 0 unspecified atom stereocenters. The van der Waals surface area contributed by atoms with Crippen LogP contribution < -0.4 is 10.2 Å². The number of carbonyl (C=O) groups is 1. The zero-order chi connectivity index (χ0) is 50.6. The molecule has 71 heavy (non-hydrogen) atoms. The maximum absolute atomic E-state index is 12.9. The van der Waals surface area contributed by atoms with E-state index in [0.29, 0.717) is 55.9 Å². The second kappa shape index (κ2) is 20.9. The number of unbranched alkanes of at least 4 members (excludes halogenated alkanes) is 3. The molecule has 0 saturated carbocycles. The van der Waals surface area contributed by atoms with Crippen LogP contribution in [0.25, 0.3) is 32.9 Å². The Kier molecular flexibility index (Phi) is 14.9. The van der Waals surface area contributed by atoms with Gasteiger partial charge in [-0.05, 0) is 103 Å². The Bertz CT molecular complexity index is 3380. The highest BCUT2D eigenvalue weighted by molar-refractivity contribution is 7.86. The van der Waals surface area contributed by atoms with E-state index in [1.165, 1.54) is 23.1 Å². The van der Waals surface area contributed by atoms with Gasteiger partial charge in [0.25, 0.3) is 20.2 Å². The molecular weight excluding hydrogens is 935 g/mol. The molecular formula is C55H60N7O7S2+. The summed E-state index contributed by atoms with van der Waals surface area (Å²) in [6.07, 6.45) is 18.0. The van der Waals surface area contributed by atoms with Crippen LogP contribution in [0, 0.1) is 6.92 Å². The minimum atomic E-state index is -4.39. The van der Waals surface area contributed by atoms with Crippen LogP contribution in [0.4, 0.5) is 11.4 Å². The monoisotopic (exact) mass is 994 g/mol. The second-order valence-corrected chi connectivity index (χ2v) is 22.2. The molecule has 368 valence electrons.